The summed E-state index contributed by atoms with van der Waals surface area (Å²) in [7, 11) is 0. The molecule has 0 bridgehead atoms. The minimum atomic E-state index is -0.246. The first-order valence-electron chi connectivity index (χ1n) is 9.44. The number of benzene rings is 1. The number of nitrogens with zero attached hydrogens (tertiary/aromatic N) is 4. The predicted molar refractivity (Wildman–Crippen MR) is 110 cm³/mol. The molecule has 148 valence electrons. The number of ether oxygens (including phenoxy) is 1. The first-order valence-corrected chi connectivity index (χ1v) is 9.44. The van der Waals surface area contributed by atoms with Crippen LogP contribution in [0.4, 0.5) is 0 Å². The molecule has 1 amide bonds. The van der Waals surface area contributed by atoms with Crippen LogP contribution in [-0.4, -0.2) is 38.6 Å². The number of rotatable bonds is 6. The molecule has 0 aliphatic heterocycles. The maximum atomic E-state index is 12.0. The molecule has 30 heavy (non-hydrogen) atoms. The van der Waals surface area contributed by atoms with E-state index in [0.29, 0.717) is 29.5 Å². The van der Waals surface area contributed by atoms with E-state index < -0.39 is 0 Å². The quantitative estimate of drug-likeness (QED) is 0.440. The van der Waals surface area contributed by atoms with Crippen molar-refractivity contribution in [2.45, 2.75) is 0 Å². The van der Waals surface area contributed by atoms with Crippen molar-refractivity contribution in [2.24, 2.45) is 0 Å². The van der Waals surface area contributed by atoms with E-state index >= 15 is 0 Å². The van der Waals surface area contributed by atoms with Crippen LogP contribution in [0.25, 0.3) is 28.1 Å². The van der Waals surface area contributed by atoms with Crippen LogP contribution in [0, 0.1) is 0 Å². The SMILES string of the molecule is O=C(NCCOc1ccc2ncc(-c3cc4ccccc4o3)n2n1)c1ccccn1. The molecule has 0 atom stereocenters. The molecule has 0 aliphatic rings. The zero-order chi connectivity index (χ0) is 20.3. The van der Waals surface area contributed by atoms with Crippen molar-refractivity contribution in [1.82, 2.24) is 24.9 Å². The summed E-state index contributed by atoms with van der Waals surface area (Å²) < 4.78 is 13.3. The van der Waals surface area contributed by atoms with Crippen molar-refractivity contribution >= 4 is 22.5 Å². The highest BCUT2D eigenvalue weighted by Crippen LogP contribution is 2.28. The Hall–Kier alpha value is -4.20. The van der Waals surface area contributed by atoms with E-state index in [0.717, 1.165) is 16.7 Å². The first-order chi connectivity index (χ1) is 14.8. The lowest BCUT2D eigenvalue weighted by Crippen LogP contribution is -2.28. The Balaban J connectivity index is 1.29. The Bertz CT molecular complexity index is 1290. The van der Waals surface area contributed by atoms with Gasteiger partial charge in [0.25, 0.3) is 5.91 Å². The maximum Gasteiger partial charge on any atom is 0.269 e. The average Bonchev–Trinajstić information content (AvgIpc) is 3.40. The number of nitrogens with one attached hydrogen (secondary N) is 1. The monoisotopic (exact) mass is 399 g/mol. The second-order valence-corrected chi connectivity index (χ2v) is 6.55. The van der Waals surface area contributed by atoms with Gasteiger partial charge in [-0.15, -0.1) is 5.10 Å². The molecule has 0 spiro atoms. The van der Waals surface area contributed by atoms with E-state index in [-0.39, 0.29) is 12.5 Å². The molecule has 4 heterocycles. The number of para-hydroxylation sites is 1. The number of furan rings is 1. The highest BCUT2D eigenvalue weighted by Gasteiger charge is 2.13. The third-order valence-electron chi connectivity index (χ3n) is 4.55. The topological polar surface area (TPSA) is 94.5 Å². The number of carbonyl (C=O) groups excluding carboxylic acids is 1. The van der Waals surface area contributed by atoms with Crippen LogP contribution in [0.5, 0.6) is 5.88 Å². The van der Waals surface area contributed by atoms with Gasteiger partial charge in [-0.3, -0.25) is 9.78 Å². The van der Waals surface area contributed by atoms with Gasteiger partial charge in [-0.1, -0.05) is 24.3 Å². The van der Waals surface area contributed by atoms with E-state index in [9.17, 15) is 4.79 Å². The number of pyridine rings is 1. The Morgan fingerprint density at radius 3 is 2.83 bits per heavy atom. The number of amides is 1. The zero-order valence-corrected chi connectivity index (χ0v) is 15.9. The molecule has 1 N–H and O–H groups in total. The van der Waals surface area contributed by atoms with Crippen molar-refractivity contribution < 1.29 is 13.9 Å². The molecule has 0 fully saturated rings. The molecule has 5 rings (SSSR count). The fourth-order valence-corrected chi connectivity index (χ4v) is 3.12. The van der Waals surface area contributed by atoms with Crippen LogP contribution in [0.2, 0.25) is 0 Å². The Labute approximate surface area is 171 Å². The van der Waals surface area contributed by atoms with Gasteiger partial charge < -0.3 is 14.5 Å². The van der Waals surface area contributed by atoms with Crippen molar-refractivity contribution in [1.29, 1.82) is 0 Å². The summed E-state index contributed by atoms with van der Waals surface area (Å²) in [6.45, 7) is 0.598. The molecule has 8 nitrogen and oxygen atoms in total. The van der Waals surface area contributed by atoms with Gasteiger partial charge in [0.2, 0.25) is 5.88 Å². The molecule has 0 saturated heterocycles. The van der Waals surface area contributed by atoms with Gasteiger partial charge >= 0.3 is 0 Å². The third-order valence-corrected chi connectivity index (χ3v) is 4.55. The van der Waals surface area contributed by atoms with Gasteiger partial charge in [-0.05, 0) is 30.3 Å². The number of aromatic nitrogens is 4. The summed E-state index contributed by atoms with van der Waals surface area (Å²) in [5.74, 6) is 0.852. The number of hydrogen-bond donors (Lipinski definition) is 1. The molecular weight excluding hydrogens is 382 g/mol. The second kappa shape index (κ2) is 7.67. The van der Waals surface area contributed by atoms with Crippen molar-refractivity contribution in [3.63, 3.8) is 0 Å². The summed E-state index contributed by atoms with van der Waals surface area (Å²) >= 11 is 0. The fraction of sp³-hybridized carbons (Fsp3) is 0.0909. The lowest BCUT2D eigenvalue weighted by Gasteiger charge is -2.07. The standard InChI is InChI=1S/C22H17N5O3/c28-22(16-6-3-4-10-23-16)24-11-12-29-21-9-8-20-25-14-17(27(20)26-21)19-13-15-5-1-2-7-18(15)30-19/h1-10,13-14H,11-12H2,(H,24,28). The van der Waals surface area contributed by atoms with E-state index in [1.165, 1.54) is 0 Å². The highest BCUT2D eigenvalue weighted by molar-refractivity contribution is 5.92. The second-order valence-electron chi connectivity index (χ2n) is 6.55. The molecule has 5 aromatic rings. The minimum Gasteiger partial charge on any atom is -0.475 e. The van der Waals surface area contributed by atoms with Gasteiger partial charge in [0.05, 0.1) is 12.7 Å². The van der Waals surface area contributed by atoms with Crippen LogP contribution in [0.1, 0.15) is 10.5 Å². The van der Waals surface area contributed by atoms with Crippen molar-refractivity contribution in [3.05, 3.63) is 78.8 Å². The Kier molecular flexibility index (Phi) is 4.57. The summed E-state index contributed by atoms with van der Waals surface area (Å²) in [5.41, 5.74) is 2.58. The molecule has 0 unspecified atom stereocenters. The van der Waals surface area contributed by atoms with E-state index in [2.05, 4.69) is 20.4 Å². The third kappa shape index (κ3) is 3.46. The molecule has 0 saturated carbocycles. The average molecular weight is 399 g/mol. The van der Waals surface area contributed by atoms with Gasteiger partial charge in [-0.2, -0.15) is 0 Å². The van der Waals surface area contributed by atoms with Crippen LogP contribution in [0.3, 0.4) is 0 Å². The largest absolute Gasteiger partial charge is 0.475 e. The van der Waals surface area contributed by atoms with Gasteiger partial charge in [0.1, 0.15) is 23.6 Å². The maximum absolute atomic E-state index is 12.0. The zero-order valence-electron chi connectivity index (χ0n) is 15.9. The lowest BCUT2D eigenvalue weighted by molar-refractivity contribution is 0.0941. The van der Waals surface area contributed by atoms with Gasteiger partial charge in [-0.25, -0.2) is 9.50 Å². The molecular formula is C22H17N5O3. The van der Waals surface area contributed by atoms with Crippen LogP contribution in [-0.2, 0) is 0 Å². The van der Waals surface area contributed by atoms with Gasteiger partial charge in [0, 0.05) is 17.6 Å². The lowest BCUT2D eigenvalue weighted by atomic mass is 10.2. The summed E-state index contributed by atoms with van der Waals surface area (Å²) in [4.78, 5) is 20.4. The highest BCUT2D eigenvalue weighted by atomic mass is 16.5. The first kappa shape index (κ1) is 17.9. The van der Waals surface area contributed by atoms with E-state index in [1.54, 1.807) is 41.2 Å². The van der Waals surface area contributed by atoms with Crippen molar-refractivity contribution in [3.8, 4) is 17.3 Å². The van der Waals surface area contributed by atoms with Crippen LogP contribution in [0.15, 0.2) is 77.5 Å². The fourth-order valence-electron chi connectivity index (χ4n) is 3.12. The van der Waals surface area contributed by atoms with Gasteiger partial charge in [0.15, 0.2) is 11.4 Å². The normalized spacial score (nSPS) is 11.1. The molecule has 1 aromatic carbocycles. The predicted octanol–water partition coefficient (Wildman–Crippen LogP) is 3.35. The van der Waals surface area contributed by atoms with E-state index in [4.69, 9.17) is 9.15 Å². The number of fused-ring (bicyclic) bond motifs is 2. The van der Waals surface area contributed by atoms with Crippen LogP contribution < -0.4 is 10.1 Å². The molecule has 8 heteroatoms. The number of carbonyl (C=O) groups is 1. The van der Waals surface area contributed by atoms with E-state index in [1.807, 2.05) is 36.4 Å². The summed E-state index contributed by atoms with van der Waals surface area (Å²) in [6.07, 6.45) is 3.30. The molecule has 0 radical (unpaired) electrons. The molecule has 0 aliphatic carbocycles. The number of imidazole rings is 1. The summed E-state index contributed by atoms with van der Waals surface area (Å²) in [6, 6.07) is 18.5. The number of hydrogen-bond acceptors (Lipinski definition) is 6. The van der Waals surface area contributed by atoms with Crippen molar-refractivity contribution in [2.75, 3.05) is 13.2 Å². The van der Waals surface area contributed by atoms with Crippen LogP contribution >= 0.6 is 0 Å². The Morgan fingerprint density at radius 2 is 1.97 bits per heavy atom. The Morgan fingerprint density at radius 1 is 1.07 bits per heavy atom. The summed E-state index contributed by atoms with van der Waals surface area (Å²) in [5, 5.41) is 8.28. The molecule has 4 aromatic heterocycles. The minimum absolute atomic E-state index is 0.246. The smallest absolute Gasteiger partial charge is 0.269 e.